The Labute approximate surface area is 105 Å². The number of nitro benzene ring substituents is 1. The summed E-state index contributed by atoms with van der Waals surface area (Å²) in [6, 6.07) is 4.39. The minimum Gasteiger partial charge on any atom is -0.486 e. The fourth-order valence-corrected chi connectivity index (χ4v) is 1.56. The molecule has 5 nitrogen and oxygen atoms in total. The molecular weight excluding hydrogens is 244 g/mol. The molecule has 1 N–H and O–H groups in total. The predicted molar refractivity (Wildman–Crippen MR) is 66.7 cm³/mol. The Morgan fingerprint density at radius 3 is 2.88 bits per heavy atom. The number of nitrogens with zero attached hydrogens (tertiary/aromatic N) is 1. The molecule has 17 heavy (non-hydrogen) atoms. The molecule has 94 valence electrons. The zero-order valence-corrected chi connectivity index (χ0v) is 10.5. The first kappa shape index (κ1) is 13.7. The van der Waals surface area contributed by atoms with Crippen LogP contribution in [0.3, 0.4) is 0 Å². The van der Waals surface area contributed by atoms with Gasteiger partial charge in [0, 0.05) is 23.6 Å². The third-order valence-electron chi connectivity index (χ3n) is 2.19. The van der Waals surface area contributed by atoms with E-state index < -0.39 is 4.92 Å². The Kier molecular flexibility index (Phi) is 5.18. The summed E-state index contributed by atoms with van der Waals surface area (Å²) in [6.07, 6.45) is 0. The van der Waals surface area contributed by atoms with Gasteiger partial charge in [-0.3, -0.25) is 10.1 Å². The molecule has 0 saturated carbocycles. The largest absolute Gasteiger partial charge is 0.486 e. The van der Waals surface area contributed by atoms with Crippen LogP contribution in [0.15, 0.2) is 18.2 Å². The Hall–Kier alpha value is -1.33. The molecule has 1 aromatic rings. The monoisotopic (exact) mass is 258 g/mol. The molecule has 0 bridgehead atoms. The number of benzene rings is 1. The van der Waals surface area contributed by atoms with Crippen LogP contribution < -0.4 is 10.1 Å². The van der Waals surface area contributed by atoms with Gasteiger partial charge in [-0.1, -0.05) is 18.5 Å². The van der Waals surface area contributed by atoms with Crippen LogP contribution in [0, 0.1) is 16.0 Å². The third kappa shape index (κ3) is 4.20. The maximum Gasteiger partial charge on any atom is 0.312 e. The van der Waals surface area contributed by atoms with Gasteiger partial charge in [0.05, 0.1) is 11.5 Å². The number of hydrogen-bond acceptors (Lipinski definition) is 4. The molecule has 0 aromatic heterocycles. The second-order valence-corrected chi connectivity index (χ2v) is 4.28. The molecule has 6 heteroatoms. The Balaban J connectivity index is 2.73. The van der Waals surface area contributed by atoms with Crippen molar-refractivity contribution < 1.29 is 9.66 Å². The first-order chi connectivity index (χ1) is 8.04. The van der Waals surface area contributed by atoms with E-state index >= 15 is 0 Å². The maximum atomic E-state index is 10.8. The lowest BCUT2D eigenvalue weighted by atomic mass is 10.2. The summed E-state index contributed by atoms with van der Waals surface area (Å²) in [5, 5.41) is 14.1. The normalized spacial score (nSPS) is 12.2. The van der Waals surface area contributed by atoms with E-state index in [9.17, 15) is 10.1 Å². The average Bonchev–Trinajstić information content (AvgIpc) is 2.27. The smallest absolute Gasteiger partial charge is 0.312 e. The van der Waals surface area contributed by atoms with Crippen LogP contribution in [0.4, 0.5) is 5.69 Å². The number of halogens is 1. The van der Waals surface area contributed by atoms with Crippen molar-refractivity contribution in [1.29, 1.82) is 0 Å². The van der Waals surface area contributed by atoms with Gasteiger partial charge in [0.25, 0.3) is 0 Å². The van der Waals surface area contributed by atoms with Gasteiger partial charge in [-0.25, -0.2) is 0 Å². The molecule has 0 fully saturated rings. The van der Waals surface area contributed by atoms with Crippen LogP contribution in [0.25, 0.3) is 0 Å². The lowest BCUT2D eigenvalue weighted by molar-refractivity contribution is -0.385. The molecule has 1 rings (SSSR count). The van der Waals surface area contributed by atoms with E-state index in [1.807, 2.05) is 14.0 Å². The van der Waals surface area contributed by atoms with Gasteiger partial charge in [0.2, 0.25) is 0 Å². The minimum atomic E-state index is -0.496. The molecule has 0 aliphatic carbocycles. The zero-order chi connectivity index (χ0) is 12.8. The number of nitrogens with one attached hydrogen (secondary N) is 1. The van der Waals surface area contributed by atoms with Crippen LogP contribution in [-0.2, 0) is 0 Å². The number of nitro groups is 1. The van der Waals surface area contributed by atoms with E-state index in [2.05, 4.69) is 5.32 Å². The summed E-state index contributed by atoms with van der Waals surface area (Å²) < 4.78 is 5.43. The molecule has 1 atom stereocenters. The first-order valence-electron chi connectivity index (χ1n) is 5.26. The SMILES string of the molecule is CNCC(C)COc1ccc(Cl)cc1[N+](=O)[O-]. The van der Waals surface area contributed by atoms with Gasteiger partial charge in [0.1, 0.15) is 0 Å². The second-order valence-electron chi connectivity index (χ2n) is 3.84. The first-order valence-corrected chi connectivity index (χ1v) is 5.63. The lowest BCUT2D eigenvalue weighted by Gasteiger charge is -2.12. The topological polar surface area (TPSA) is 64.4 Å². The molecule has 0 aliphatic heterocycles. The second kappa shape index (κ2) is 6.42. The van der Waals surface area contributed by atoms with Gasteiger partial charge < -0.3 is 10.1 Å². The molecule has 0 amide bonds. The zero-order valence-electron chi connectivity index (χ0n) is 9.77. The van der Waals surface area contributed by atoms with Gasteiger partial charge in [0.15, 0.2) is 5.75 Å². The highest BCUT2D eigenvalue weighted by molar-refractivity contribution is 6.30. The van der Waals surface area contributed by atoms with Gasteiger partial charge in [-0.15, -0.1) is 0 Å². The predicted octanol–water partition coefficient (Wildman–Crippen LogP) is 2.48. The summed E-state index contributed by atoms with van der Waals surface area (Å²) >= 11 is 5.70. The fraction of sp³-hybridized carbons (Fsp3) is 0.455. The summed E-state index contributed by atoms with van der Waals surface area (Å²) in [5.74, 6) is 0.526. The van der Waals surface area contributed by atoms with E-state index in [1.165, 1.54) is 12.1 Å². The molecule has 1 unspecified atom stereocenters. The minimum absolute atomic E-state index is 0.103. The van der Waals surface area contributed by atoms with E-state index in [0.29, 0.717) is 11.6 Å². The molecule has 0 radical (unpaired) electrons. The summed E-state index contributed by atoms with van der Waals surface area (Å²) in [4.78, 5) is 10.3. The average molecular weight is 259 g/mol. The summed E-state index contributed by atoms with van der Waals surface area (Å²) in [5.41, 5.74) is -0.103. The molecule has 0 spiro atoms. The van der Waals surface area contributed by atoms with Crippen molar-refractivity contribution in [2.75, 3.05) is 20.2 Å². The highest BCUT2D eigenvalue weighted by Gasteiger charge is 2.16. The Morgan fingerprint density at radius 2 is 2.29 bits per heavy atom. The Bertz CT molecular complexity index is 398. The standard InChI is InChI=1S/C11H15ClN2O3/c1-8(6-13-2)7-17-11-4-3-9(12)5-10(11)14(15)16/h3-5,8,13H,6-7H2,1-2H3. The maximum absolute atomic E-state index is 10.8. The molecular formula is C11H15ClN2O3. The van der Waals surface area contributed by atoms with Crippen LogP contribution >= 0.6 is 11.6 Å². The van der Waals surface area contributed by atoms with Crippen molar-refractivity contribution in [3.8, 4) is 5.75 Å². The quantitative estimate of drug-likeness (QED) is 0.629. The highest BCUT2D eigenvalue weighted by Crippen LogP contribution is 2.30. The van der Waals surface area contributed by atoms with Crippen molar-refractivity contribution in [2.24, 2.45) is 5.92 Å². The van der Waals surface area contributed by atoms with E-state index in [-0.39, 0.29) is 17.4 Å². The highest BCUT2D eigenvalue weighted by atomic mass is 35.5. The van der Waals surface area contributed by atoms with Gasteiger partial charge in [-0.05, 0) is 19.2 Å². The lowest BCUT2D eigenvalue weighted by Crippen LogP contribution is -2.21. The Morgan fingerprint density at radius 1 is 1.59 bits per heavy atom. The summed E-state index contributed by atoms with van der Waals surface area (Å²) in [7, 11) is 1.85. The van der Waals surface area contributed by atoms with Crippen molar-refractivity contribution in [2.45, 2.75) is 6.92 Å². The van der Waals surface area contributed by atoms with E-state index in [4.69, 9.17) is 16.3 Å². The van der Waals surface area contributed by atoms with Crippen molar-refractivity contribution in [1.82, 2.24) is 5.32 Å². The molecule has 0 aliphatic rings. The van der Waals surface area contributed by atoms with Crippen LogP contribution in [0.5, 0.6) is 5.75 Å². The fourth-order valence-electron chi connectivity index (χ4n) is 1.39. The molecule has 1 aromatic carbocycles. The van der Waals surface area contributed by atoms with Crippen molar-refractivity contribution >= 4 is 17.3 Å². The number of hydrogen-bond donors (Lipinski definition) is 1. The van der Waals surface area contributed by atoms with Gasteiger partial charge in [-0.2, -0.15) is 0 Å². The van der Waals surface area contributed by atoms with E-state index in [0.717, 1.165) is 6.54 Å². The number of ether oxygens (including phenoxy) is 1. The molecule has 0 heterocycles. The summed E-state index contributed by atoms with van der Waals surface area (Å²) in [6.45, 7) is 3.21. The van der Waals surface area contributed by atoms with Gasteiger partial charge >= 0.3 is 5.69 Å². The van der Waals surface area contributed by atoms with E-state index in [1.54, 1.807) is 6.07 Å². The molecule has 0 saturated heterocycles. The van der Waals surface area contributed by atoms with Crippen molar-refractivity contribution in [3.63, 3.8) is 0 Å². The van der Waals surface area contributed by atoms with Crippen molar-refractivity contribution in [3.05, 3.63) is 33.3 Å². The van der Waals surface area contributed by atoms with Crippen LogP contribution in [0.1, 0.15) is 6.92 Å². The van der Waals surface area contributed by atoms with Crippen LogP contribution in [0.2, 0.25) is 5.02 Å². The van der Waals surface area contributed by atoms with Crippen LogP contribution in [-0.4, -0.2) is 25.1 Å². The number of rotatable bonds is 6. The third-order valence-corrected chi connectivity index (χ3v) is 2.43.